The van der Waals surface area contributed by atoms with E-state index in [4.69, 9.17) is 11.6 Å². The summed E-state index contributed by atoms with van der Waals surface area (Å²) in [7, 11) is 0. The molecule has 5 rings (SSSR count). The van der Waals surface area contributed by atoms with E-state index in [2.05, 4.69) is 21.4 Å². The highest BCUT2D eigenvalue weighted by Gasteiger charge is 2.25. The van der Waals surface area contributed by atoms with Gasteiger partial charge in [-0.2, -0.15) is 4.68 Å². The third-order valence-corrected chi connectivity index (χ3v) is 5.59. The van der Waals surface area contributed by atoms with Crippen LogP contribution in [0.2, 0.25) is 5.02 Å². The number of rotatable bonds is 4. The summed E-state index contributed by atoms with van der Waals surface area (Å²) in [6, 6.07) is 23.2. The molecule has 142 valence electrons. The van der Waals surface area contributed by atoms with Gasteiger partial charge in [0.25, 0.3) is 0 Å². The van der Waals surface area contributed by atoms with Gasteiger partial charge in [-0.25, -0.2) is 0 Å². The van der Waals surface area contributed by atoms with Crippen molar-refractivity contribution in [3.05, 3.63) is 95.1 Å². The number of hydrogen-bond donors (Lipinski definition) is 1. The van der Waals surface area contributed by atoms with E-state index in [1.54, 1.807) is 0 Å². The zero-order valence-electron chi connectivity index (χ0n) is 15.4. The Bertz CT molecular complexity index is 1340. The molecule has 2 heterocycles. The second-order valence-electron chi connectivity index (χ2n) is 6.95. The van der Waals surface area contributed by atoms with Crippen molar-refractivity contribution in [1.82, 2.24) is 20.0 Å². The summed E-state index contributed by atoms with van der Waals surface area (Å²) in [4.78, 5) is 16.6. The molecule has 0 aliphatic heterocycles. The maximum absolute atomic E-state index is 13.3. The highest BCUT2D eigenvalue weighted by Crippen LogP contribution is 2.37. The predicted octanol–water partition coefficient (Wildman–Crippen LogP) is 5.43. The van der Waals surface area contributed by atoms with E-state index in [0.29, 0.717) is 16.1 Å². The van der Waals surface area contributed by atoms with Crippen LogP contribution in [0, 0.1) is 0 Å². The lowest BCUT2D eigenvalue weighted by Gasteiger charge is -2.18. The first-order valence-electron chi connectivity index (χ1n) is 9.36. The molecular weight excluding hydrogens is 384 g/mol. The Labute approximate surface area is 171 Å². The zero-order chi connectivity index (χ0) is 19.8. The predicted molar refractivity (Wildman–Crippen MR) is 114 cm³/mol. The molecule has 29 heavy (non-hydrogen) atoms. The number of H-pyrrole nitrogens is 1. The molecule has 5 nitrogen and oxygen atoms in total. The van der Waals surface area contributed by atoms with Crippen LogP contribution in [-0.2, 0) is 0 Å². The number of fused-ring (bicyclic) bond motifs is 2. The summed E-state index contributed by atoms with van der Waals surface area (Å²) < 4.78 is 1.38. The molecule has 0 saturated carbocycles. The van der Waals surface area contributed by atoms with Crippen LogP contribution in [0.25, 0.3) is 21.9 Å². The quantitative estimate of drug-likeness (QED) is 0.437. The molecule has 0 amide bonds. The second-order valence-corrected chi connectivity index (χ2v) is 7.36. The van der Waals surface area contributed by atoms with Crippen LogP contribution in [0.5, 0.6) is 0 Å². The normalized spacial score (nSPS) is 12.4. The van der Waals surface area contributed by atoms with Crippen LogP contribution in [0.3, 0.4) is 0 Å². The van der Waals surface area contributed by atoms with Gasteiger partial charge >= 0.3 is 0 Å². The Morgan fingerprint density at radius 3 is 2.62 bits per heavy atom. The van der Waals surface area contributed by atoms with Crippen molar-refractivity contribution in [3.63, 3.8) is 0 Å². The van der Waals surface area contributed by atoms with Crippen LogP contribution in [0.1, 0.15) is 28.3 Å². The van der Waals surface area contributed by atoms with E-state index < -0.39 is 0 Å². The summed E-state index contributed by atoms with van der Waals surface area (Å²) in [5.74, 6) is -0.343. The van der Waals surface area contributed by atoms with Gasteiger partial charge in [-0.05, 0) is 35.4 Å². The van der Waals surface area contributed by atoms with Gasteiger partial charge in [0.2, 0.25) is 5.91 Å². The maximum Gasteiger partial charge on any atom is 0.249 e. The van der Waals surface area contributed by atoms with Gasteiger partial charge in [0.15, 0.2) is 0 Å². The molecule has 6 heteroatoms. The molecule has 1 unspecified atom stereocenters. The number of nitrogens with zero attached hydrogens (tertiary/aromatic N) is 3. The average Bonchev–Trinajstić information content (AvgIpc) is 3.37. The van der Waals surface area contributed by atoms with Gasteiger partial charge in [-0.1, -0.05) is 65.3 Å². The largest absolute Gasteiger partial charge is 0.361 e. The monoisotopic (exact) mass is 400 g/mol. The van der Waals surface area contributed by atoms with E-state index in [-0.39, 0.29) is 18.2 Å². The molecule has 0 saturated heterocycles. The molecule has 0 aliphatic rings. The Kier molecular flexibility index (Phi) is 4.37. The Balaban J connectivity index is 1.61. The minimum Gasteiger partial charge on any atom is -0.361 e. The summed E-state index contributed by atoms with van der Waals surface area (Å²) in [5.41, 5.74) is 4.37. The van der Waals surface area contributed by atoms with Crippen LogP contribution in [-0.4, -0.2) is 25.9 Å². The molecule has 3 aromatic carbocycles. The number of carbonyl (C=O) groups is 1. The number of para-hydroxylation sites is 2. The molecule has 2 aromatic heterocycles. The fourth-order valence-electron chi connectivity index (χ4n) is 3.84. The molecule has 0 aliphatic carbocycles. The van der Waals surface area contributed by atoms with Crippen molar-refractivity contribution < 1.29 is 4.79 Å². The third-order valence-electron chi connectivity index (χ3n) is 5.24. The van der Waals surface area contributed by atoms with Crippen LogP contribution in [0.4, 0.5) is 0 Å². The number of aromatic nitrogens is 4. The molecule has 0 radical (unpaired) electrons. The fraction of sp³-hybridized carbons (Fsp3) is 0.0870. The van der Waals surface area contributed by atoms with Crippen molar-refractivity contribution in [2.45, 2.75) is 12.3 Å². The summed E-state index contributed by atoms with van der Waals surface area (Å²) >= 11 is 6.53. The minimum absolute atomic E-state index is 0.131. The van der Waals surface area contributed by atoms with Gasteiger partial charge in [0.1, 0.15) is 5.52 Å². The van der Waals surface area contributed by atoms with Gasteiger partial charge in [0.05, 0.1) is 5.52 Å². The lowest BCUT2D eigenvalue weighted by Crippen LogP contribution is -2.17. The van der Waals surface area contributed by atoms with Crippen molar-refractivity contribution in [3.8, 4) is 0 Å². The van der Waals surface area contributed by atoms with Crippen molar-refractivity contribution in [2.24, 2.45) is 0 Å². The summed E-state index contributed by atoms with van der Waals surface area (Å²) in [6.45, 7) is 0. The van der Waals surface area contributed by atoms with Crippen molar-refractivity contribution in [1.29, 1.82) is 0 Å². The number of halogens is 1. The lowest BCUT2D eigenvalue weighted by atomic mass is 9.88. The van der Waals surface area contributed by atoms with E-state index >= 15 is 0 Å². The lowest BCUT2D eigenvalue weighted by molar-refractivity contribution is 0.0885. The zero-order valence-corrected chi connectivity index (χ0v) is 16.2. The van der Waals surface area contributed by atoms with E-state index in [9.17, 15) is 4.79 Å². The molecule has 0 spiro atoms. The van der Waals surface area contributed by atoms with Crippen LogP contribution >= 0.6 is 11.6 Å². The molecule has 5 aromatic rings. The van der Waals surface area contributed by atoms with E-state index in [0.717, 1.165) is 22.0 Å². The minimum atomic E-state index is -0.213. The Morgan fingerprint density at radius 1 is 0.966 bits per heavy atom. The molecule has 1 atom stereocenters. The highest BCUT2D eigenvalue weighted by molar-refractivity contribution is 6.31. The van der Waals surface area contributed by atoms with E-state index in [1.807, 2.05) is 72.9 Å². The van der Waals surface area contributed by atoms with Gasteiger partial charge in [0, 0.05) is 34.5 Å². The molecule has 1 N–H and O–H groups in total. The second kappa shape index (κ2) is 7.18. The van der Waals surface area contributed by atoms with Crippen LogP contribution in [0.15, 0.2) is 79.0 Å². The number of hydrogen-bond acceptors (Lipinski definition) is 3. The first kappa shape index (κ1) is 17.6. The Hall–Kier alpha value is -3.44. The SMILES string of the molecule is O=C(CC(c1ccccc1Cl)c1c[nH]c2ccccc12)n1nnc2ccccc21. The van der Waals surface area contributed by atoms with Gasteiger partial charge in [-0.15, -0.1) is 5.10 Å². The molecule has 0 fully saturated rings. The summed E-state index contributed by atoms with van der Waals surface area (Å²) in [6.07, 6.45) is 2.18. The van der Waals surface area contributed by atoms with Gasteiger partial charge < -0.3 is 4.98 Å². The fourth-order valence-corrected chi connectivity index (χ4v) is 4.11. The average molecular weight is 401 g/mol. The van der Waals surface area contributed by atoms with Crippen molar-refractivity contribution in [2.75, 3.05) is 0 Å². The number of aromatic amines is 1. The first-order chi connectivity index (χ1) is 14.2. The standard InChI is InChI=1S/C23H17ClN4O/c24-19-9-3-1-7-15(19)17(18-14-25-20-10-4-2-8-16(18)20)13-23(29)28-22-12-6-5-11-21(22)26-27-28/h1-12,14,17,25H,13H2. The number of carbonyl (C=O) groups excluding carboxylic acids is 1. The summed E-state index contributed by atoms with van der Waals surface area (Å²) in [5, 5.41) is 9.91. The number of nitrogens with one attached hydrogen (secondary N) is 1. The topological polar surface area (TPSA) is 63.6 Å². The maximum atomic E-state index is 13.3. The van der Waals surface area contributed by atoms with E-state index in [1.165, 1.54) is 4.68 Å². The van der Waals surface area contributed by atoms with Crippen LogP contribution < -0.4 is 0 Å². The number of benzene rings is 3. The van der Waals surface area contributed by atoms with Crippen molar-refractivity contribution >= 4 is 39.4 Å². The smallest absolute Gasteiger partial charge is 0.249 e. The molecule has 0 bridgehead atoms. The first-order valence-corrected chi connectivity index (χ1v) is 9.74. The van der Waals surface area contributed by atoms with Gasteiger partial charge in [-0.3, -0.25) is 4.79 Å². The third kappa shape index (κ3) is 3.09. The highest BCUT2D eigenvalue weighted by atomic mass is 35.5. The Morgan fingerprint density at radius 2 is 1.72 bits per heavy atom. The molecular formula is C23H17ClN4O.